The Bertz CT molecular complexity index is 550. The van der Waals surface area contributed by atoms with Crippen LogP contribution in [0.1, 0.15) is 17.0 Å². The second-order valence-corrected chi connectivity index (χ2v) is 4.35. The van der Waals surface area contributed by atoms with E-state index in [2.05, 4.69) is 27.8 Å². The van der Waals surface area contributed by atoms with Crippen LogP contribution in [-0.2, 0) is 12.8 Å². The van der Waals surface area contributed by atoms with Crippen LogP contribution in [0.5, 0.6) is 0 Å². The summed E-state index contributed by atoms with van der Waals surface area (Å²) in [7, 11) is 0. The van der Waals surface area contributed by atoms with Crippen LogP contribution >= 0.6 is 0 Å². The van der Waals surface area contributed by atoms with Crippen molar-refractivity contribution in [2.75, 3.05) is 0 Å². The Labute approximate surface area is 98.4 Å². The van der Waals surface area contributed by atoms with Gasteiger partial charge in [-0.1, -0.05) is 17.3 Å². The number of fused-ring (bicyclic) bond motifs is 1. The molecule has 88 valence electrons. The molecule has 0 spiro atoms. The van der Waals surface area contributed by atoms with Crippen molar-refractivity contribution in [3.05, 3.63) is 35.2 Å². The van der Waals surface area contributed by atoms with Gasteiger partial charge in [-0.3, -0.25) is 0 Å². The van der Waals surface area contributed by atoms with Crippen molar-refractivity contribution < 1.29 is 9.73 Å². The van der Waals surface area contributed by atoms with Crippen LogP contribution in [0.3, 0.4) is 0 Å². The predicted molar refractivity (Wildman–Crippen MR) is 60.6 cm³/mol. The lowest BCUT2D eigenvalue weighted by atomic mass is 10.1. The molecule has 1 unspecified atom stereocenters. The molecule has 1 atom stereocenters. The van der Waals surface area contributed by atoms with Gasteiger partial charge in [-0.2, -0.15) is 4.98 Å². The van der Waals surface area contributed by atoms with E-state index in [9.17, 15) is 0 Å². The summed E-state index contributed by atoms with van der Waals surface area (Å²) in [5.41, 5.74) is 5.78. The van der Waals surface area contributed by atoms with Crippen molar-refractivity contribution in [1.29, 1.82) is 0 Å². The minimum Gasteiger partial charge on any atom is -0.339 e. The summed E-state index contributed by atoms with van der Waals surface area (Å²) in [6.45, 7) is 1.77. The average Bonchev–Trinajstić information content (AvgIpc) is 2.93. The van der Waals surface area contributed by atoms with E-state index in [1.54, 1.807) is 6.92 Å². The van der Waals surface area contributed by atoms with Crippen LogP contribution in [-0.4, -0.2) is 21.4 Å². The molecule has 1 aliphatic rings. The normalized spacial score (nSPS) is 18.4. The van der Waals surface area contributed by atoms with Crippen molar-refractivity contribution in [2.45, 2.75) is 25.8 Å². The average molecular weight is 231 g/mol. The Balaban J connectivity index is 1.95. The van der Waals surface area contributed by atoms with Crippen molar-refractivity contribution in [1.82, 2.24) is 15.6 Å². The molecule has 0 saturated carbocycles. The predicted octanol–water partition coefficient (Wildman–Crippen LogP) is 1.49. The van der Waals surface area contributed by atoms with Gasteiger partial charge in [0.15, 0.2) is 0 Å². The summed E-state index contributed by atoms with van der Waals surface area (Å²) < 4.78 is 4.97. The highest BCUT2D eigenvalue weighted by Crippen LogP contribution is 2.26. The maximum Gasteiger partial charge on any atom is 0.223 e. The SMILES string of the molecule is Cc1nc(-c2ccc3c(c2)CC(NO)C3)no1. The minimum atomic E-state index is 0.118. The number of rotatable bonds is 2. The van der Waals surface area contributed by atoms with E-state index in [0.717, 1.165) is 18.4 Å². The number of aryl methyl sites for hydroxylation is 1. The lowest BCUT2D eigenvalue weighted by molar-refractivity contribution is 0.129. The van der Waals surface area contributed by atoms with Crippen LogP contribution < -0.4 is 5.48 Å². The van der Waals surface area contributed by atoms with E-state index < -0.39 is 0 Å². The van der Waals surface area contributed by atoms with E-state index >= 15 is 0 Å². The molecule has 1 aromatic carbocycles. The molecule has 5 nitrogen and oxygen atoms in total. The van der Waals surface area contributed by atoms with Gasteiger partial charge >= 0.3 is 0 Å². The maximum absolute atomic E-state index is 8.94. The summed E-state index contributed by atoms with van der Waals surface area (Å²) in [5, 5.41) is 12.8. The number of aromatic nitrogens is 2. The zero-order chi connectivity index (χ0) is 11.8. The fourth-order valence-corrected chi connectivity index (χ4v) is 2.27. The van der Waals surface area contributed by atoms with E-state index in [4.69, 9.17) is 9.73 Å². The van der Waals surface area contributed by atoms with Gasteiger partial charge in [0.1, 0.15) is 0 Å². The molecule has 0 amide bonds. The van der Waals surface area contributed by atoms with E-state index in [1.165, 1.54) is 11.1 Å². The lowest BCUT2D eigenvalue weighted by Gasteiger charge is -2.02. The van der Waals surface area contributed by atoms with E-state index in [1.807, 2.05) is 6.07 Å². The summed E-state index contributed by atoms with van der Waals surface area (Å²) in [6, 6.07) is 6.24. The molecular weight excluding hydrogens is 218 g/mol. The van der Waals surface area contributed by atoms with Gasteiger partial charge in [-0.05, 0) is 30.0 Å². The number of nitrogens with one attached hydrogen (secondary N) is 1. The fourth-order valence-electron chi connectivity index (χ4n) is 2.27. The quantitative estimate of drug-likeness (QED) is 0.766. The third kappa shape index (κ3) is 1.83. The smallest absolute Gasteiger partial charge is 0.223 e. The summed E-state index contributed by atoms with van der Waals surface area (Å²) >= 11 is 0. The molecule has 5 heteroatoms. The monoisotopic (exact) mass is 231 g/mol. The van der Waals surface area contributed by atoms with Crippen molar-refractivity contribution >= 4 is 0 Å². The highest BCUT2D eigenvalue weighted by molar-refractivity contribution is 5.57. The Morgan fingerprint density at radius 1 is 1.35 bits per heavy atom. The molecular formula is C12H13N3O2. The first kappa shape index (κ1) is 10.4. The molecule has 0 aliphatic heterocycles. The van der Waals surface area contributed by atoms with Crippen molar-refractivity contribution in [3.8, 4) is 11.4 Å². The Morgan fingerprint density at radius 2 is 2.18 bits per heavy atom. The molecule has 0 radical (unpaired) electrons. The largest absolute Gasteiger partial charge is 0.339 e. The van der Waals surface area contributed by atoms with Gasteiger partial charge < -0.3 is 9.73 Å². The molecule has 17 heavy (non-hydrogen) atoms. The zero-order valence-electron chi connectivity index (χ0n) is 9.47. The molecule has 0 bridgehead atoms. The lowest BCUT2D eigenvalue weighted by Crippen LogP contribution is -2.25. The Kier molecular flexibility index (Phi) is 2.42. The molecule has 1 aliphatic carbocycles. The van der Waals surface area contributed by atoms with E-state index in [-0.39, 0.29) is 6.04 Å². The number of hydroxylamine groups is 1. The van der Waals surface area contributed by atoms with Crippen LogP contribution in [0.15, 0.2) is 22.7 Å². The fraction of sp³-hybridized carbons (Fsp3) is 0.333. The summed E-state index contributed by atoms with van der Waals surface area (Å²) in [6.07, 6.45) is 1.69. The first-order valence-corrected chi connectivity index (χ1v) is 5.58. The first-order valence-electron chi connectivity index (χ1n) is 5.58. The molecule has 2 aromatic rings. The van der Waals surface area contributed by atoms with Gasteiger partial charge in [0.05, 0.1) is 0 Å². The zero-order valence-corrected chi connectivity index (χ0v) is 9.47. The Hall–Kier alpha value is -1.72. The highest BCUT2D eigenvalue weighted by Gasteiger charge is 2.21. The number of nitrogens with zero attached hydrogens (tertiary/aromatic N) is 2. The molecule has 1 aromatic heterocycles. The van der Waals surface area contributed by atoms with Gasteiger partial charge in [0.2, 0.25) is 11.7 Å². The maximum atomic E-state index is 8.94. The second-order valence-electron chi connectivity index (χ2n) is 4.35. The van der Waals surface area contributed by atoms with Gasteiger partial charge in [0.25, 0.3) is 0 Å². The van der Waals surface area contributed by atoms with Crippen molar-refractivity contribution in [3.63, 3.8) is 0 Å². The third-order valence-electron chi connectivity index (χ3n) is 3.11. The molecule has 3 rings (SSSR count). The number of hydrogen-bond acceptors (Lipinski definition) is 5. The van der Waals surface area contributed by atoms with Gasteiger partial charge in [0, 0.05) is 18.5 Å². The van der Waals surface area contributed by atoms with E-state index in [0.29, 0.717) is 11.7 Å². The minimum absolute atomic E-state index is 0.118. The topological polar surface area (TPSA) is 71.2 Å². The molecule has 1 heterocycles. The van der Waals surface area contributed by atoms with Gasteiger partial charge in [-0.15, -0.1) is 0 Å². The second kappa shape index (κ2) is 3.94. The van der Waals surface area contributed by atoms with Crippen LogP contribution in [0.4, 0.5) is 0 Å². The number of hydrogen-bond donors (Lipinski definition) is 2. The standard InChI is InChI=1S/C12H13N3O2/c1-7-13-12(15-17-7)9-3-2-8-5-11(14-16)6-10(8)4-9/h2-4,11,14,16H,5-6H2,1H3. The van der Waals surface area contributed by atoms with Crippen molar-refractivity contribution in [2.24, 2.45) is 0 Å². The third-order valence-corrected chi connectivity index (χ3v) is 3.11. The highest BCUT2D eigenvalue weighted by atomic mass is 16.5. The van der Waals surface area contributed by atoms with Crippen LogP contribution in [0.25, 0.3) is 11.4 Å². The van der Waals surface area contributed by atoms with Crippen LogP contribution in [0, 0.1) is 6.92 Å². The Morgan fingerprint density at radius 3 is 2.88 bits per heavy atom. The van der Waals surface area contributed by atoms with Gasteiger partial charge in [-0.25, -0.2) is 5.48 Å². The molecule has 0 fully saturated rings. The molecule has 0 saturated heterocycles. The summed E-state index contributed by atoms with van der Waals surface area (Å²) in [5.74, 6) is 1.18. The summed E-state index contributed by atoms with van der Waals surface area (Å²) in [4.78, 5) is 4.20. The first-order chi connectivity index (χ1) is 8.26. The molecule has 2 N–H and O–H groups in total. The number of benzene rings is 1. The van der Waals surface area contributed by atoms with Crippen LogP contribution in [0.2, 0.25) is 0 Å².